The quantitative estimate of drug-likeness (QED) is 0.344. The molecule has 8 nitrogen and oxygen atoms in total. The second kappa shape index (κ2) is 8.98. The topological polar surface area (TPSA) is 114 Å². The zero-order valence-corrected chi connectivity index (χ0v) is 16.9. The van der Waals surface area contributed by atoms with E-state index in [0.717, 1.165) is 16.5 Å². The normalized spacial score (nSPS) is 10.8. The van der Waals surface area contributed by atoms with Gasteiger partial charge in [0.1, 0.15) is 0 Å². The van der Waals surface area contributed by atoms with E-state index in [9.17, 15) is 14.4 Å². The first-order chi connectivity index (χ1) is 13.5. The lowest BCUT2D eigenvalue weighted by molar-refractivity contribution is -0.113. The smallest absolute Gasteiger partial charge is 0.338 e. The number of nitrogens with zero attached hydrogens (tertiary/aromatic N) is 2. The lowest BCUT2D eigenvalue weighted by atomic mass is 10.2. The average Bonchev–Trinajstić information content (AvgIpc) is 3.07. The van der Waals surface area contributed by atoms with Gasteiger partial charge in [0, 0.05) is 11.8 Å². The summed E-state index contributed by atoms with van der Waals surface area (Å²) in [7, 11) is 0. The number of thiazole rings is 1. The molecular weight excluding hydrogens is 400 g/mol. The van der Waals surface area contributed by atoms with E-state index >= 15 is 0 Å². The predicted molar refractivity (Wildman–Crippen MR) is 109 cm³/mol. The number of benzene rings is 1. The maximum absolute atomic E-state index is 12.2. The minimum atomic E-state index is -0.393. The summed E-state index contributed by atoms with van der Waals surface area (Å²) in [6, 6.07) is 6.49. The van der Waals surface area contributed by atoms with Gasteiger partial charge >= 0.3 is 5.97 Å². The molecule has 0 aliphatic heterocycles. The molecule has 0 atom stereocenters. The summed E-state index contributed by atoms with van der Waals surface area (Å²) in [6.07, 6.45) is 0.642. The molecule has 0 spiro atoms. The number of nitrogens with one attached hydrogen (secondary N) is 2. The molecule has 0 radical (unpaired) electrons. The Labute approximate surface area is 168 Å². The monoisotopic (exact) mass is 418 g/mol. The Hall–Kier alpha value is -2.72. The summed E-state index contributed by atoms with van der Waals surface area (Å²) in [5, 5.41) is 3.57. The molecule has 3 aromatic rings. The van der Waals surface area contributed by atoms with Crippen molar-refractivity contribution in [3.8, 4) is 0 Å². The number of carbonyl (C=O) groups excluding carboxylic acids is 2. The number of aromatic nitrogens is 3. The van der Waals surface area contributed by atoms with Crippen LogP contribution in [-0.4, -0.2) is 39.2 Å². The molecule has 146 valence electrons. The van der Waals surface area contributed by atoms with Gasteiger partial charge in [-0.3, -0.25) is 9.59 Å². The standard InChI is InChI=1S/C18H18N4O4S2/c1-3-11-8-14(23)21-17(19-11)27-9-15(24)22-18-20-12-6-5-10(7-13(12)28-18)16(25)26-4-2/h5-8H,3-4,9H2,1-2H3,(H,19,21,23)(H,20,22,24). The summed E-state index contributed by atoms with van der Waals surface area (Å²) >= 11 is 2.42. The van der Waals surface area contributed by atoms with Gasteiger partial charge in [-0.05, 0) is 31.5 Å². The molecule has 2 heterocycles. The Bertz CT molecular complexity index is 1080. The van der Waals surface area contributed by atoms with Gasteiger partial charge in [-0.1, -0.05) is 30.0 Å². The van der Waals surface area contributed by atoms with E-state index in [4.69, 9.17) is 4.74 Å². The molecule has 2 aromatic heterocycles. The second-order valence-corrected chi connectivity index (χ2v) is 7.65. The Morgan fingerprint density at radius 2 is 2.07 bits per heavy atom. The van der Waals surface area contributed by atoms with E-state index in [2.05, 4.69) is 20.3 Å². The van der Waals surface area contributed by atoms with Gasteiger partial charge in [0.05, 0.1) is 28.1 Å². The number of hydrogen-bond donors (Lipinski definition) is 2. The highest BCUT2D eigenvalue weighted by Crippen LogP contribution is 2.27. The lowest BCUT2D eigenvalue weighted by Crippen LogP contribution is -2.15. The number of esters is 1. The Morgan fingerprint density at radius 1 is 1.25 bits per heavy atom. The number of aromatic amines is 1. The van der Waals surface area contributed by atoms with E-state index in [0.29, 0.717) is 40.1 Å². The van der Waals surface area contributed by atoms with Crippen LogP contribution in [0.4, 0.5) is 5.13 Å². The van der Waals surface area contributed by atoms with Gasteiger partial charge in [-0.25, -0.2) is 14.8 Å². The molecule has 28 heavy (non-hydrogen) atoms. The van der Waals surface area contributed by atoms with Crippen molar-refractivity contribution < 1.29 is 14.3 Å². The number of thioether (sulfide) groups is 1. The summed E-state index contributed by atoms with van der Waals surface area (Å²) in [5.74, 6) is -0.574. The minimum absolute atomic E-state index is 0.0834. The first-order valence-corrected chi connectivity index (χ1v) is 10.4. The molecule has 0 aliphatic carbocycles. The molecule has 0 saturated carbocycles. The first-order valence-electron chi connectivity index (χ1n) is 8.59. The SMILES string of the molecule is CCOC(=O)c1ccc2nc(NC(=O)CSc3nc(CC)cc(=O)[nH]3)sc2c1. The fourth-order valence-corrected chi connectivity index (χ4v) is 3.96. The van der Waals surface area contributed by atoms with Gasteiger partial charge in [0.2, 0.25) is 5.91 Å². The van der Waals surface area contributed by atoms with E-state index in [-0.39, 0.29) is 17.2 Å². The van der Waals surface area contributed by atoms with Crippen molar-refractivity contribution in [3.63, 3.8) is 0 Å². The van der Waals surface area contributed by atoms with Crippen LogP contribution in [0.5, 0.6) is 0 Å². The minimum Gasteiger partial charge on any atom is -0.462 e. The zero-order valence-electron chi connectivity index (χ0n) is 15.3. The number of fused-ring (bicyclic) bond motifs is 1. The maximum atomic E-state index is 12.2. The number of anilines is 1. The molecule has 1 amide bonds. The van der Waals surface area contributed by atoms with Crippen molar-refractivity contribution in [3.05, 3.63) is 45.9 Å². The maximum Gasteiger partial charge on any atom is 0.338 e. The van der Waals surface area contributed by atoms with Crippen LogP contribution in [0, 0.1) is 0 Å². The van der Waals surface area contributed by atoms with Gasteiger partial charge < -0.3 is 15.0 Å². The number of rotatable bonds is 7. The molecule has 0 aliphatic rings. The third-order valence-corrected chi connectivity index (χ3v) is 5.43. The van der Waals surface area contributed by atoms with Crippen molar-refractivity contribution in [1.82, 2.24) is 15.0 Å². The number of amides is 1. The fourth-order valence-electron chi connectivity index (χ4n) is 2.34. The molecule has 10 heteroatoms. The number of H-pyrrole nitrogens is 1. The Balaban J connectivity index is 1.65. The molecular formula is C18H18N4O4S2. The zero-order chi connectivity index (χ0) is 20.1. The van der Waals surface area contributed by atoms with Crippen LogP contribution in [0.2, 0.25) is 0 Å². The molecule has 0 saturated heterocycles. The van der Waals surface area contributed by atoms with E-state index in [1.807, 2.05) is 6.92 Å². The highest BCUT2D eigenvalue weighted by Gasteiger charge is 2.12. The molecule has 0 fully saturated rings. The van der Waals surface area contributed by atoms with Crippen molar-refractivity contribution in [2.45, 2.75) is 25.4 Å². The van der Waals surface area contributed by atoms with Crippen LogP contribution >= 0.6 is 23.1 Å². The molecule has 2 N–H and O–H groups in total. The van der Waals surface area contributed by atoms with Crippen LogP contribution in [0.3, 0.4) is 0 Å². The Kier molecular flexibility index (Phi) is 6.42. The predicted octanol–water partition coefficient (Wildman–Crippen LogP) is 2.85. The highest BCUT2D eigenvalue weighted by atomic mass is 32.2. The largest absolute Gasteiger partial charge is 0.462 e. The van der Waals surface area contributed by atoms with Crippen LogP contribution < -0.4 is 10.9 Å². The van der Waals surface area contributed by atoms with Crippen molar-refractivity contribution >= 4 is 50.3 Å². The van der Waals surface area contributed by atoms with Crippen molar-refractivity contribution in [1.29, 1.82) is 0 Å². The highest BCUT2D eigenvalue weighted by molar-refractivity contribution is 7.99. The van der Waals surface area contributed by atoms with Crippen molar-refractivity contribution in [2.24, 2.45) is 0 Å². The first kappa shape index (κ1) is 20.0. The van der Waals surface area contributed by atoms with Gasteiger partial charge in [-0.2, -0.15) is 0 Å². The summed E-state index contributed by atoms with van der Waals surface area (Å²) < 4.78 is 5.76. The van der Waals surface area contributed by atoms with Gasteiger partial charge in [0.25, 0.3) is 5.56 Å². The number of ether oxygens (including phenoxy) is 1. The molecule has 0 bridgehead atoms. The third kappa shape index (κ3) is 4.96. The van der Waals surface area contributed by atoms with Crippen LogP contribution in [0.25, 0.3) is 10.2 Å². The summed E-state index contributed by atoms with van der Waals surface area (Å²) in [6.45, 7) is 3.96. The average molecular weight is 419 g/mol. The van der Waals surface area contributed by atoms with Crippen LogP contribution in [-0.2, 0) is 16.0 Å². The van der Waals surface area contributed by atoms with Gasteiger partial charge in [0.15, 0.2) is 10.3 Å². The Morgan fingerprint density at radius 3 is 2.82 bits per heavy atom. The van der Waals surface area contributed by atoms with E-state index < -0.39 is 5.97 Å². The van der Waals surface area contributed by atoms with Crippen molar-refractivity contribution in [2.75, 3.05) is 17.7 Å². The second-order valence-electron chi connectivity index (χ2n) is 5.65. The molecule has 0 unspecified atom stereocenters. The summed E-state index contributed by atoms with van der Waals surface area (Å²) in [4.78, 5) is 46.8. The lowest BCUT2D eigenvalue weighted by Gasteiger charge is -2.03. The number of aryl methyl sites for hydroxylation is 1. The van der Waals surface area contributed by atoms with Crippen LogP contribution in [0.1, 0.15) is 29.9 Å². The summed E-state index contributed by atoms with van der Waals surface area (Å²) in [5.41, 5.74) is 1.56. The number of hydrogen-bond acceptors (Lipinski definition) is 8. The molecule has 1 aromatic carbocycles. The number of carbonyl (C=O) groups is 2. The van der Waals surface area contributed by atoms with Crippen LogP contribution in [0.15, 0.2) is 34.2 Å². The molecule has 3 rings (SSSR count). The fraction of sp³-hybridized carbons (Fsp3) is 0.278. The van der Waals surface area contributed by atoms with E-state index in [1.165, 1.54) is 17.4 Å². The third-order valence-electron chi connectivity index (χ3n) is 3.62. The van der Waals surface area contributed by atoms with E-state index in [1.54, 1.807) is 25.1 Å². The van der Waals surface area contributed by atoms with Gasteiger partial charge in [-0.15, -0.1) is 0 Å².